The van der Waals surface area contributed by atoms with E-state index in [9.17, 15) is 22.5 Å². The summed E-state index contributed by atoms with van der Waals surface area (Å²) in [7, 11) is -3.67. The van der Waals surface area contributed by atoms with Crippen LogP contribution in [0.4, 0.5) is 24.5 Å². The molecule has 3 aromatic rings. The lowest BCUT2D eigenvalue weighted by Gasteiger charge is -2.40. The number of aryl methyl sites for hydroxylation is 2. The Balaban J connectivity index is 1.42. The quantitative estimate of drug-likeness (QED) is 0.388. The second-order valence-corrected chi connectivity index (χ2v) is 10.8. The van der Waals surface area contributed by atoms with Crippen LogP contribution in [0.1, 0.15) is 24.0 Å². The number of allylic oxidation sites excluding steroid dienone is 1. The van der Waals surface area contributed by atoms with Gasteiger partial charge in [-0.25, -0.2) is 8.99 Å². The number of fused-ring (bicyclic) bond motifs is 2. The normalized spacial score (nSPS) is 21.1. The van der Waals surface area contributed by atoms with Gasteiger partial charge in [-0.2, -0.15) is 0 Å². The molecule has 0 spiro atoms. The summed E-state index contributed by atoms with van der Waals surface area (Å²) >= 11 is 0. The van der Waals surface area contributed by atoms with E-state index in [-0.39, 0.29) is 16.6 Å². The van der Waals surface area contributed by atoms with Gasteiger partial charge in [-0.15, -0.1) is 13.2 Å². The van der Waals surface area contributed by atoms with Gasteiger partial charge in [0.25, 0.3) is 0 Å². The number of ether oxygens (including phenoxy) is 1. The zero-order valence-electron chi connectivity index (χ0n) is 19.7. The van der Waals surface area contributed by atoms with Crippen molar-refractivity contribution < 1.29 is 27.2 Å². The third-order valence-corrected chi connectivity index (χ3v) is 8.12. The molecule has 0 radical (unpaired) electrons. The SMILES string of the molecule is N=S(=O)(NC1=CCC[C@H](N2c3ccccc3CCc3ccccc32)[C@@H]1O)c1ccc(OC(F)(F)F)cc1. The summed E-state index contributed by atoms with van der Waals surface area (Å²) in [4.78, 5) is 2.12. The topological polar surface area (TPSA) is 85.7 Å². The highest BCUT2D eigenvalue weighted by Crippen LogP contribution is 2.41. The maximum absolute atomic E-state index is 13.3. The molecule has 37 heavy (non-hydrogen) atoms. The minimum atomic E-state index is -4.85. The average Bonchev–Trinajstić information content (AvgIpc) is 3.02. The second kappa shape index (κ2) is 9.75. The van der Waals surface area contributed by atoms with E-state index in [1.54, 1.807) is 6.08 Å². The molecule has 0 bridgehead atoms. The number of rotatable bonds is 5. The highest BCUT2D eigenvalue weighted by molar-refractivity contribution is 7.90. The minimum absolute atomic E-state index is 0.0253. The van der Waals surface area contributed by atoms with Crippen molar-refractivity contribution in [2.45, 2.75) is 49.1 Å². The van der Waals surface area contributed by atoms with Crippen LogP contribution in [-0.2, 0) is 22.8 Å². The second-order valence-electron chi connectivity index (χ2n) is 9.05. The lowest BCUT2D eigenvalue weighted by atomic mass is 9.93. The lowest BCUT2D eigenvalue weighted by Crippen LogP contribution is -2.47. The van der Waals surface area contributed by atoms with Gasteiger partial charge in [0.05, 0.1) is 16.6 Å². The third-order valence-electron chi connectivity index (χ3n) is 6.66. The molecule has 6 nitrogen and oxygen atoms in total. The molecule has 0 amide bonds. The number of nitrogens with one attached hydrogen (secondary N) is 2. The van der Waals surface area contributed by atoms with E-state index in [0.29, 0.717) is 12.8 Å². The van der Waals surface area contributed by atoms with Crippen molar-refractivity contribution in [3.05, 3.63) is 95.7 Å². The molecule has 1 aliphatic carbocycles. The molecule has 194 valence electrons. The third kappa shape index (κ3) is 5.30. The first kappa shape index (κ1) is 25.2. The van der Waals surface area contributed by atoms with Crippen molar-refractivity contribution in [3.63, 3.8) is 0 Å². The summed E-state index contributed by atoms with van der Waals surface area (Å²) in [6.07, 6.45) is -1.25. The summed E-state index contributed by atoms with van der Waals surface area (Å²) in [6.45, 7) is 0. The number of hydrogen-bond acceptors (Lipinski definition) is 5. The Labute approximate surface area is 213 Å². The minimum Gasteiger partial charge on any atom is -0.406 e. The van der Waals surface area contributed by atoms with Gasteiger partial charge in [-0.1, -0.05) is 42.5 Å². The van der Waals surface area contributed by atoms with Crippen molar-refractivity contribution in [2.24, 2.45) is 0 Å². The summed E-state index contributed by atoms with van der Waals surface area (Å²) in [5.41, 5.74) is 4.60. The molecule has 3 aromatic carbocycles. The summed E-state index contributed by atoms with van der Waals surface area (Å²) < 4.78 is 65.6. The van der Waals surface area contributed by atoms with Crippen molar-refractivity contribution in [1.29, 1.82) is 4.78 Å². The molecule has 5 rings (SSSR count). The molecular weight excluding hydrogens is 503 g/mol. The van der Waals surface area contributed by atoms with Crippen molar-refractivity contribution in [3.8, 4) is 5.75 Å². The fraction of sp³-hybridized carbons (Fsp3) is 0.259. The molecule has 0 saturated heterocycles. The molecule has 0 saturated carbocycles. The van der Waals surface area contributed by atoms with Crippen LogP contribution in [0, 0.1) is 4.78 Å². The molecule has 3 atom stereocenters. The van der Waals surface area contributed by atoms with Crippen LogP contribution in [0.5, 0.6) is 5.75 Å². The van der Waals surface area contributed by atoms with Gasteiger partial charge in [-0.3, -0.25) is 4.72 Å². The average molecular weight is 530 g/mol. The van der Waals surface area contributed by atoms with E-state index in [1.807, 2.05) is 36.4 Å². The predicted octanol–water partition coefficient (Wildman–Crippen LogP) is 5.84. The Morgan fingerprint density at radius 2 is 1.51 bits per heavy atom. The first-order valence-corrected chi connectivity index (χ1v) is 13.4. The molecule has 10 heteroatoms. The molecule has 1 aliphatic heterocycles. The van der Waals surface area contributed by atoms with E-state index in [0.717, 1.165) is 48.5 Å². The van der Waals surface area contributed by atoms with Crippen molar-refractivity contribution in [1.82, 2.24) is 4.72 Å². The van der Waals surface area contributed by atoms with Crippen LogP contribution in [0.2, 0.25) is 0 Å². The number of aliphatic hydroxyl groups is 1. The van der Waals surface area contributed by atoms with Crippen LogP contribution >= 0.6 is 0 Å². The van der Waals surface area contributed by atoms with Gasteiger partial charge in [0.2, 0.25) is 0 Å². The van der Waals surface area contributed by atoms with Crippen LogP contribution in [0.3, 0.4) is 0 Å². The Bertz CT molecular complexity index is 1380. The fourth-order valence-electron chi connectivity index (χ4n) is 5.00. The molecule has 3 N–H and O–H groups in total. The number of anilines is 2. The van der Waals surface area contributed by atoms with Crippen LogP contribution in [0.15, 0.2) is 89.5 Å². The van der Waals surface area contributed by atoms with Gasteiger partial charge in [0, 0.05) is 11.4 Å². The highest BCUT2D eigenvalue weighted by Gasteiger charge is 2.36. The molecule has 0 aromatic heterocycles. The Kier molecular flexibility index (Phi) is 6.63. The first-order chi connectivity index (χ1) is 17.6. The maximum Gasteiger partial charge on any atom is 0.573 e. The number of hydrogen-bond donors (Lipinski definition) is 3. The Hall–Kier alpha value is -3.50. The monoisotopic (exact) mass is 529 g/mol. The molecule has 1 heterocycles. The van der Waals surface area contributed by atoms with Crippen LogP contribution < -0.4 is 14.4 Å². The molecule has 2 aliphatic rings. The van der Waals surface area contributed by atoms with Gasteiger partial charge >= 0.3 is 6.36 Å². The maximum atomic E-state index is 13.3. The van der Waals surface area contributed by atoms with Crippen molar-refractivity contribution >= 4 is 21.3 Å². The number of para-hydroxylation sites is 2. The summed E-state index contributed by atoms with van der Waals surface area (Å²) in [5.74, 6) is -0.470. The summed E-state index contributed by atoms with van der Waals surface area (Å²) in [6, 6.07) is 20.1. The van der Waals surface area contributed by atoms with E-state index in [4.69, 9.17) is 4.78 Å². The predicted molar refractivity (Wildman–Crippen MR) is 135 cm³/mol. The zero-order valence-corrected chi connectivity index (χ0v) is 20.6. The standard InChI is InChI=1S/C27H26F3N3O3S/c28-27(29,30)36-20-14-16-21(17-15-20)37(31,35)32-22-8-5-11-25(26(22)34)33-23-9-3-1-6-18(23)12-13-19-7-2-4-10-24(19)33/h1-4,6-10,14-17,25-26,34H,5,11-13H2,(H2,31,32,35)/t25-,26+,37?/m0/s1. The Morgan fingerprint density at radius 1 is 0.946 bits per heavy atom. The van der Waals surface area contributed by atoms with Gasteiger partial charge in [0.15, 0.2) is 9.92 Å². The first-order valence-electron chi connectivity index (χ1n) is 11.9. The number of alkyl halides is 3. The van der Waals surface area contributed by atoms with Gasteiger partial charge in [-0.05, 0) is 73.2 Å². The van der Waals surface area contributed by atoms with Gasteiger partial charge in [0.1, 0.15) is 11.9 Å². The number of nitrogens with zero attached hydrogens (tertiary/aromatic N) is 1. The molecule has 0 fully saturated rings. The number of benzene rings is 3. The lowest BCUT2D eigenvalue weighted by molar-refractivity contribution is -0.274. The number of aliphatic hydroxyl groups excluding tert-OH is 1. The Morgan fingerprint density at radius 3 is 2.08 bits per heavy atom. The van der Waals surface area contributed by atoms with E-state index < -0.39 is 28.1 Å². The van der Waals surface area contributed by atoms with E-state index in [1.165, 1.54) is 11.1 Å². The van der Waals surface area contributed by atoms with E-state index >= 15 is 0 Å². The fourth-order valence-corrected chi connectivity index (χ4v) is 6.17. The largest absolute Gasteiger partial charge is 0.573 e. The highest BCUT2D eigenvalue weighted by atomic mass is 32.2. The smallest absolute Gasteiger partial charge is 0.406 e. The molecule has 1 unspecified atom stereocenters. The van der Waals surface area contributed by atoms with Crippen molar-refractivity contribution in [2.75, 3.05) is 4.90 Å². The summed E-state index contributed by atoms with van der Waals surface area (Å²) in [5, 5.41) is 11.5. The van der Waals surface area contributed by atoms with E-state index in [2.05, 4.69) is 26.5 Å². The zero-order chi connectivity index (χ0) is 26.2. The van der Waals surface area contributed by atoms with Crippen LogP contribution in [-0.4, -0.2) is 27.8 Å². The van der Waals surface area contributed by atoms with Gasteiger partial charge < -0.3 is 14.7 Å². The van der Waals surface area contributed by atoms with Crippen LogP contribution in [0.25, 0.3) is 0 Å². The number of halogens is 3. The molecular formula is C27H26F3N3O3S.